The van der Waals surface area contributed by atoms with E-state index in [1.165, 1.54) is 0 Å². The van der Waals surface area contributed by atoms with Gasteiger partial charge < -0.3 is 9.84 Å². The van der Waals surface area contributed by atoms with Gasteiger partial charge in [0, 0.05) is 0 Å². The Kier molecular flexibility index (Phi) is 4.06. The van der Waals surface area contributed by atoms with Gasteiger partial charge in [-0.05, 0) is 18.6 Å². The third-order valence-electron chi connectivity index (χ3n) is 1.61. The standard InChI is InChI=1S/C11H14O2/c1-2-13-11(9-12)8-10-6-4-3-5-7-10/h3-8,12H,2,9H2,1H3. The van der Waals surface area contributed by atoms with Crippen LogP contribution in [0.5, 0.6) is 0 Å². The zero-order chi connectivity index (χ0) is 9.52. The average molecular weight is 178 g/mol. The monoisotopic (exact) mass is 178 g/mol. The minimum atomic E-state index is -0.0528. The zero-order valence-electron chi connectivity index (χ0n) is 7.73. The van der Waals surface area contributed by atoms with Crippen molar-refractivity contribution in [3.8, 4) is 0 Å². The van der Waals surface area contributed by atoms with E-state index in [0.29, 0.717) is 12.4 Å². The van der Waals surface area contributed by atoms with Gasteiger partial charge in [-0.3, -0.25) is 0 Å². The number of aliphatic hydroxyl groups excluding tert-OH is 1. The van der Waals surface area contributed by atoms with Gasteiger partial charge in [-0.2, -0.15) is 0 Å². The highest BCUT2D eigenvalue weighted by Crippen LogP contribution is 2.06. The first-order valence-corrected chi connectivity index (χ1v) is 4.36. The van der Waals surface area contributed by atoms with Gasteiger partial charge in [0.1, 0.15) is 12.4 Å². The summed E-state index contributed by atoms with van der Waals surface area (Å²) in [5.41, 5.74) is 1.04. The first-order valence-electron chi connectivity index (χ1n) is 4.36. The van der Waals surface area contributed by atoms with Gasteiger partial charge >= 0.3 is 0 Å². The molecule has 0 spiro atoms. The largest absolute Gasteiger partial charge is 0.496 e. The SMILES string of the molecule is CCOC(=Cc1ccccc1)CO. The molecule has 0 aliphatic rings. The summed E-state index contributed by atoms with van der Waals surface area (Å²) in [6.45, 7) is 2.43. The van der Waals surface area contributed by atoms with E-state index in [2.05, 4.69) is 0 Å². The Balaban J connectivity index is 2.73. The summed E-state index contributed by atoms with van der Waals surface area (Å²) >= 11 is 0. The highest BCUT2D eigenvalue weighted by molar-refractivity contribution is 5.50. The van der Waals surface area contributed by atoms with E-state index >= 15 is 0 Å². The Labute approximate surface area is 78.5 Å². The molecule has 0 fully saturated rings. The molecule has 0 radical (unpaired) electrons. The number of hydrogen-bond donors (Lipinski definition) is 1. The van der Waals surface area contributed by atoms with Gasteiger partial charge in [0.25, 0.3) is 0 Å². The smallest absolute Gasteiger partial charge is 0.122 e. The molecule has 0 saturated carbocycles. The lowest BCUT2D eigenvalue weighted by Crippen LogP contribution is -1.96. The molecule has 0 aliphatic carbocycles. The second kappa shape index (κ2) is 5.38. The van der Waals surface area contributed by atoms with Crippen molar-refractivity contribution < 1.29 is 9.84 Å². The molecule has 0 amide bonds. The maximum Gasteiger partial charge on any atom is 0.122 e. The number of ether oxygens (including phenoxy) is 1. The molecule has 70 valence electrons. The van der Waals surface area contributed by atoms with E-state index in [-0.39, 0.29) is 6.61 Å². The molecule has 13 heavy (non-hydrogen) atoms. The quantitative estimate of drug-likeness (QED) is 0.715. The number of rotatable bonds is 4. The fourth-order valence-corrected chi connectivity index (χ4v) is 1.05. The lowest BCUT2D eigenvalue weighted by Gasteiger charge is -2.04. The molecular formula is C11H14O2. The van der Waals surface area contributed by atoms with Crippen molar-refractivity contribution in [1.82, 2.24) is 0 Å². The van der Waals surface area contributed by atoms with Gasteiger partial charge in [0.15, 0.2) is 0 Å². The Morgan fingerprint density at radius 3 is 2.62 bits per heavy atom. The van der Waals surface area contributed by atoms with Crippen LogP contribution in [0.4, 0.5) is 0 Å². The van der Waals surface area contributed by atoms with Gasteiger partial charge in [-0.1, -0.05) is 30.3 Å². The Hall–Kier alpha value is -1.28. The fraction of sp³-hybridized carbons (Fsp3) is 0.273. The van der Waals surface area contributed by atoms with Crippen LogP contribution in [0.3, 0.4) is 0 Å². The van der Waals surface area contributed by atoms with Crippen LogP contribution in [0.1, 0.15) is 12.5 Å². The normalized spacial score (nSPS) is 11.4. The Bertz CT molecular complexity index is 265. The van der Waals surface area contributed by atoms with Crippen LogP contribution < -0.4 is 0 Å². The van der Waals surface area contributed by atoms with Crippen LogP contribution in [0.25, 0.3) is 6.08 Å². The van der Waals surface area contributed by atoms with Crippen LogP contribution >= 0.6 is 0 Å². The summed E-state index contributed by atoms with van der Waals surface area (Å²) in [5, 5.41) is 8.93. The molecule has 1 aromatic carbocycles. The van der Waals surface area contributed by atoms with Crippen molar-refractivity contribution in [2.24, 2.45) is 0 Å². The van der Waals surface area contributed by atoms with Crippen molar-refractivity contribution in [2.75, 3.05) is 13.2 Å². The van der Waals surface area contributed by atoms with Crippen molar-refractivity contribution in [2.45, 2.75) is 6.92 Å². The molecule has 1 rings (SSSR count). The van der Waals surface area contributed by atoms with Gasteiger partial charge in [-0.15, -0.1) is 0 Å². The first-order chi connectivity index (χ1) is 6.36. The fourth-order valence-electron chi connectivity index (χ4n) is 1.05. The van der Waals surface area contributed by atoms with E-state index in [1.807, 2.05) is 43.3 Å². The number of aliphatic hydroxyl groups is 1. The predicted molar refractivity (Wildman–Crippen MR) is 53.1 cm³/mol. The van der Waals surface area contributed by atoms with E-state index in [4.69, 9.17) is 9.84 Å². The molecule has 0 aliphatic heterocycles. The molecule has 0 bridgehead atoms. The third-order valence-corrected chi connectivity index (χ3v) is 1.61. The van der Waals surface area contributed by atoms with Crippen LogP contribution in [0, 0.1) is 0 Å². The van der Waals surface area contributed by atoms with Gasteiger partial charge in [0.2, 0.25) is 0 Å². The van der Waals surface area contributed by atoms with Crippen molar-refractivity contribution in [3.63, 3.8) is 0 Å². The number of hydrogen-bond acceptors (Lipinski definition) is 2. The second-order valence-electron chi connectivity index (χ2n) is 2.61. The summed E-state index contributed by atoms with van der Waals surface area (Å²) in [4.78, 5) is 0. The third kappa shape index (κ3) is 3.30. The minimum Gasteiger partial charge on any atom is -0.496 e. The van der Waals surface area contributed by atoms with Crippen molar-refractivity contribution in [1.29, 1.82) is 0 Å². The first kappa shape index (κ1) is 9.81. The molecule has 1 aromatic rings. The lowest BCUT2D eigenvalue weighted by molar-refractivity contribution is 0.175. The minimum absolute atomic E-state index is 0.0528. The average Bonchev–Trinajstić information content (AvgIpc) is 2.19. The van der Waals surface area contributed by atoms with Crippen LogP contribution in [-0.2, 0) is 4.74 Å². The van der Waals surface area contributed by atoms with Gasteiger partial charge in [0.05, 0.1) is 6.61 Å². The molecule has 1 N–H and O–H groups in total. The van der Waals surface area contributed by atoms with Crippen molar-refractivity contribution in [3.05, 3.63) is 41.7 Å². The Morgan fingerprint density at radius 2 is 2.08 bits per heavy atom. The molecule has 2 nitrogen and oxygen atoms in total. The van der Waals surface area contributed by atoms with Crippen molar-refractivity contribution >= 4 is 6.08 Å². The molecule has 0 atom stereocenters. The molecule has 0 heterocycles. The predicted octanol–water partition coefficient (Wildman–Crippen LogP) is 2.06. The summed E-state index contributed by atoms with van der Waals surface area (Å²) in [6.07, 6.45) is 1.84. The summed E-state index contributed by atoms with van der Waals surface area (Å²) in [7, 11) is 0. The summed E-state index contributed by atoms with van der Waals surface area (Å²) in [5.74, 6) is 0.605. The maximum absolute atomic E-state index is 8.93. The molecule has 2 heteroatoms. The highest BCUT2D eigenvalue weighted by atomic mass is 16.5. The van der Waals surface area contributed by atoms with E-state index in [9.17, 15) is 0 Å². The summed E-state index contributed by atoms with van der Waals surface area (Å²) in [6, 6.07) is 9.79. The lowest BCUT2D eigenvalue weighted by atomic mass is 10.2. The highest BCUT2D eigenvalue weighted by Gasteiger charge is 1.94. The van der Waals surface area contributed by atoms with Gasteiger partial charge in [-0.25, -0.2) is 0 Å². The topological polar surface area (TPSA) is 29.5 Å². The molecule has 0 aromatic heterocycles. The zero-order valence-corrected chi connectivity index (χ0v) is 7.73. The molecule has 0 unspecified atom stereocenters. The van der Waals surface area contributed by atoms with E-state index < -0.39 is 0 Å². The number of benzene rings is 1. The molecular weight excluding hydrogens is 164 g/mol. The molecule has 0 saturated heterocycles. The second-order valence-corrected chi connectivity index (χ2v) is 2.61. The summed E-state index contributed by atoms with van der Waals surface area (Å²) < 4.78 is 5.21. The van der Waals surface area contributed by atoms with Crippen LogP contribution in [0.2, 0.25) is 0 Å². The maximum atomic E-state index is 8.93. The van der Waals surface area contributed by atoms with E-state index in [1.54, 1.807) is 0 Å². The van der Waals surface area contributed by atoms with Crippen LogP contribution in [-0.4, -0.2) is 18.3 Å². The Morgan fingerprint density at radius 1 is 1.38 bits per heavy atom. The van der Waals surface area contributed by atoms with Crippen LogP contribution in [0.15, 0.2) is 36.1 Å². The van der Waals surface area contributed by atoms with E-state index in [0.717, 1.165) is 5.56 Å².